The summed E-state index contributed by atoms with van der Waals surface area (Å²) in [6.07, 6.45) is 5.52. The number of phenolic OH excluding ortho intramolecular Hbond substituents is 1. The van der Waals surface area contributed by atoms with E-state index in [1.807, 2.05) is 47.2 Å². The van der Waals surface area contributed by atoms with Crippen molar-refractivity contribution in [3.63, 3.8) is 0 Å². The number of piperazine rings is 1. The third-order valence-electron chi connectivity index (χ3n) is 4.76. The highest BCUT2D eigenvalue weighted by atomic mass is 32.1. The molecule has 1 fully saturated rings. The van der Waals surface area contributed by atoms with Gasteiger partial charge in [0.1, 0.15) is 5.75 Å². The van der Waals surface area contributed by atoms with Crippen molar-refractivity contribution in [1.29, 1.82) is 0 Å². The molecule has 136 valence electrons. The zero-order chi connectivity index (χ0) is 18.2. The largest absolute Gasteiger partial charge is 0.506 e. The van der Waals surface area contributed by atoms with Crippen molar-refractivity contribution in [2.75, 3.05) is 36.0 Å². The molecule has 1 aromatic carbocycles. The number of aromatic hydroxyl groups is 1. The van der Waals surface area contributed by atoms with Crippen molar-refractivity contribution in [3.8, 4) is 17.0 Å². The third kappa shape index (κ3) is 2.97. The smallest absolute Gasteiger partial charge is 0.214 e. The molecule has 0 unspecified atom stereocenters. The monoisotopic (exact) mass is 378 g/mol. The van der Waals surface area contributed by atoms with E-state index >= 15 is 0 Å². The number of nitrogens with zero attached hydrogens (tertiary/aromatic N) is 6. The summed E-state index contributed by atoms with van der Waals surface area (Å²) < 4.78 is 1.84. The van der Waals surface area contributed by atoms with Crippen molar-refractivity contribution >= 4 is 27.1 Å². The van der Waals surface area contributed by atoms with E-state index in [0.29, 0.717) is 5.75 Å². The van der Waals surface area contributed by atoms with Gasteiger partial charge in [-0.15, -0.1) is 5.10 Å². The van der Waals surface area contributed by atoms with E-state index in [9.17, 15) is 5.11 Å². The van der Waals surface area contributed by atoms with Crippen LogP contribution in [0.4, 0.5) is 10.8 Å². The molecule has 5 rings (SSSR count). The number of benzene rings is 1. The second-order valence-corrected chi connectivity index (χ2v) is 7.38. The van der Waals surface area contributed by atoms with Crippen LogP contribution in [-0.4, -0.2) is 50.9 Å². The SMILES string of the molecule is Oc1ccccc1N1CCN(c2nn3cc(-c4cccnc4)nc3s2)CC1. The van der Waals surface area contributed by atoms with Crippen LogP contribution < -0.4 is 9.80 Å². The normalized spacial score (nSPS) is 14.8. The van der Waals surface area contributed by atoms with Gasteiger partial charge < -0.3 is 14.9 Å². The fraction of sp³-hybridized carbons (Fsp3) is 0.211. The van der Waals surface area contributed by atoms with Crippen LogP contribution in [0.1, 0.15) is 0 Å². The first-order chi connectivity index (χ1) is 13.3. The van der Waals surface area contributed by atoms with Gasteiger partial charge in [0.05, 0.1) is 17.6 Å². The molecule has 3 aromatic heterocycles. The standard InChI is InChI=1S/C19H18N6OS/c26-17-6-2-1-5-16(17)23-8-10-24(11-9-23)19-22-25-13-15(21-18(25)27-19)14-4-3-7-20-12-14/h1-7,12-13,26H,8-11H2. The molecule has 1 saturated heterocycles. The Balaban J connectivity index is 1.32. The molecule has 1 N–H and O–H groups in total. The molecule has 0 radical (unpaired) electrons. The van der Waals surface area contributed by atoms with E-state index in [2.05, 4.69) is 19.8 Å². The van der Waals surface area contributed by atoms with Gasteiger partial charge in [-0.25, -0.2) is 9.50 Å². The van der Waals surface area contributed by atoms with Crippen molar-refractivity contribution in [1.82, 2.24) is 19.6 Å². The second-order valence-electron chi connectivity index (χ2n) is 6.44. The molecule has 1 aliphatic rings. The first-order valence-electron chi connectivity index (χ1n) is 8.82. The van der Waals surface area contributed by atoms with Crippen molar-refractivity contribution < 1.29 is 5.11 Å². The zero-order valence-corrected chi connectivity index (χ0v) is 15.4. The lowest BCUT2D eigenvalue weighted by molar-refractivity contribution is 0.472. The number of hydrogen-bond donors (Lipinski definition) is 1. The van der Waals surface area contributed by atoms with Gasteiger partial charge >= 0.3 is 0 Å². The summed E-state index contributed by atoms with van der Waals surface area (Å²) in [5.41, 5.74) is 2.78. The van der Waals surface area contributed by atoms with Crippen LogP contribution in [-0.2, 0) is 0 Å². The van der Waals surface area contributed by atoms with Gasteiger partial charge in [0, 0.05) is 44.1 Å². The molecule has 4 aromatic rings. The van der Waals surface area contributed by atoms with Gasteiger partial charge in [0.15, 0.2) is 0 Å². The van der Waals surface area contributed by atoms with E-state index in [1.54, 1.807) is 23.6 Å². The highest BCUT2D eigenvalue weighted by Crippen LogP contribution is 2.30. The summed E-state index contributed by atoms with van der Waals surface area (Å²) in [4.78, 5) is 14.2. The highest BCUT2D eigenvalue weighted by molar-refractivity contribution is 7.20. The summed E-state index contributed by atoms with van der Waals surface area (Å²) in [5.74, 6) is 0.335. The Labute approximate surface area is 160 Å². The zero-order valence-electron chi connectivity index (χ0n) is 14.6. The van der Waals surface area contributed by atoms with Crippen LogP contribution in [0.5, 0.6) is 5.75 Å². The number of imidazole rings is 1. The minimum absolute atomic E-state index is 0.335. The van der Waals surface area contributed by atoms with Crippen LogP contribution in [0.2, 0.25) is 0 Å². The minimum Gasteiger partial charge on any atom is -0.506 e. The summed E-state index contributed by atoms with van der Waals surface area (Å²) in [5, 5.41) is 15.7. The molecule has 0 amide bonds. The number of aromatic nitrogens is 4. The number of rotatable bonds is 3. The minimum atomic E-state index is 0.335. The topological polar surface area (TPSA) is 69.8 Å². The summed E-state index contributed by atoms with van der Waals surface area (Å²) in [6.45, 7) is 3.42. The Bertz CT molecular complexity index is 1040. The number of pyridine rings is 1. The Morgan fingerprint density at radius 2 is 1.78 bits per heavy atom. The molecule has 4 heterocycles. The maximum atomic E-state index is 10.1. The summed E-state index contributed by atoms with van der Waals surface area (Å²) >= 11 is 1.60. The lowest BCUT2D eigenvalue weighted by Gasteiger charge is -2.35. The summed E-state index contributed by atoms with van der Waals surface area (Å²) in [7, 11) is 0. The molecule has 0 saturated carbocycles. The maximum Gasteiger partial charge on any atom is 0.214 e. The number of phenols is 1. The predicted octanol–water partition coefficient (Wildman–Crippen LogP) is 2.89. The average Bonchev–Trinajstić information content (AvgIpc) is 3.29. The van der Waals surface area contributed by atoms with Crippen LogP contribution >= 0.6 is 11.3 Å². The van der Waals surface area contributed by atoms with Gasteiger partial charge in [-0.1, -0.05) is 23.5 Å². The van der Waals surface area contributed by atoms with Crippen molar-refractivity contribution in [2.45, 2.75) is 0 Å². The summed E-state index contributed by atoms with van der Waals surface area (Å²) in [6, 6.07) is 11.4. The molecule has 1 aliphatic heterocycles. The molecule has 0 atom stereocenters. The van der Waals surface area contributed by atoms with Crippen LogP contribution in [0.25, 0.3) is 16.2 Å². The fourth-order valence-electron chi connectivity index (χ4n) is 3.34. The van der Waals surface area contributed by atoms with Crippen LogP contribution in [0.3, 0.4) is 0 Å². The van der Waals surface area contributed by atoms with E-state index in [1.165, 1.54) is 0 Å². The Morgan fingerprint density at radius 1 is 0.963 bits per heavy atom. The predicted molar refractivity (Wildman–Crippen MR) is 107 cm³/mol. The molecule has 27 heavy (non-hydrogen) atoms. The van der Waals surface area contributed by atoms with E-state index in [-0.39, 0.29) is 0 Å². The Kier molecular flexibility index (Phi) is 3.90. The molecular weight excluding hydrogens is 360 g/mol. The molecular formula is C19H18N6OS. The molecule has 0 aliphatic carbocycles. The average molecular weight is 378 g/mol. The van der Waals surface area contributed by atoms with Gasteiger partial charge in [-0.2, -0.15) is 0 Å². The second kappa shape index (κ2) is 6.55. The molecule has 7 nitrogen and oxygen atoms in total. The fourth-order valence-corrected chi connectivity index (χ4v) is 4.28. The van der Waals surface area contributed by atoms with Crippen LogP contribution in [0, 0.1) is 0 Å². The molecule has 0 spiro atoms. The first-order valence-corrected chi connectivity index (χ1v) is 9.64. The molecule has 8 heteroatoms. The van der Waals surface area contributed by atoms with Gasteiger partial charge in [0.25, 0.3) is 0 Å². The Hall–Kier alpha value is -3.13. The quantitative estimate of drug-likeness (QED) is 0.591. The number of para-hydroxylation sites is 2. The highest BCUT2D eigenvalue weighted by Gasteiger charge is 2.22. The lowest BCUT2D eigenvalue weighted by atomic mass is 10.2. The van der Waals surface area contributed by atoms with Gasteiger partial charge in [0.2, 0.25) is 10.1 Å². The lowest BCUT2D eigenvalue weighted by Crippen LogP contribution is -2.46. The molecule has 0 bridgehead atoms. The number of anilines is 2. The number of hydrogen-bond acceptors (Lipinski definition) is 7. The van der Waals surface area contributed by atoms with Crippen molar-refractivity contribution in [3.05, 3.63) is 55.0 Å². The third-order valence-corrected chi connectivity index (χ3v) is 5.75. The van der Waals surface area contributed by atoms with Gasteiger partial charge in [-0.3, -0.25) is 4.98 Å². The van der Waals surface area contributed by atoms with Crippen molar-refractivity contribution in [2.24, 2.45) is 0 Å². The number of fused-ring (bicyclic) bond motifs is 1. The van der Waals surface area contributed by atoms with E-state index < -0.39 is 0 Å². The van der Waals surface area contributed by atoms with Crippen LogP contribution in [0.15, 0.2) is 55.0 Å². The Morgan fingerprint density at radius 3 is 2.52 bits per heavy atom. The van der Waals surface area contributed by atoms with E-state index in [4.69, 9.17) is 5.10 Å². The maximum absolute atomic E-state index is 10.1. The van der Waals surface area contributed by atoms with Gasteiger partial charge in [-0.05, 0) is 24.3 Å². The van der Waals surface area contributed by atoms with E-state index in [0.717, 1.165) is 53.2 Å². The first kappa shape index (κ1) is 16.1.